The molecule has 0 unspecified atom stereocenters. The highest BCUT2D eigenvalue weighted by atomic mass is 16.2. The summed E-state index contributed by atoms with van der Waals surface area (Å²) in [6, 6.07) is 21.1. The van der Waals surface area contributed by atoms with Crippen LogP contribution in [0.2, 0.25) is 0 Å². The SMILES string of the molecule is O=C1CN(C(=O)c2cc(-c3ccccc3)nn2-c2ccccc2)CCN1. The highest BCUT2D eigenvalue weighted by Gasteiger charge is 2.26. The van der Waals surface area contributed by atoms with Crippen molar-refractivity contribution in [2.24, 2.45) is 0 Å². The van der Waals surface area contributed by atoms with Gasteiger partial charge in [-0.05, 0) is 18.2 Å². The average Bonchev–Trinajstić information content (AvgIpc) is 3.14. The van der Waals surface area contributed by atoms with Gasteiger partial charge in [0.05, 0.1) is 17.9 Å². The molecule has 1 N–H and O–H groups in total. The van der Waals surface area contributed by atoms with Crippen LogP contribution in [0.1, 0.15) is 10.5 Å². The average molecular weight is 346 g/mol. The molecule has 1 fully saturated rings. The van der Waals surface area contributed by atoms with Gasteiger partial charge in [-0.25, -0.2) is 4.68 Å². The standard InChI is InChI=1S/C20H18N4O2/c25-19-14-23(12-11-21-19)20(26)18-13-17(15-7-3-1-4-8-15)22-24(18)16-9-5-2-6-10-16/h1-10,13H,11-12,14H2,(H,21,25). The molecule has 0 atom stereocenters. The second kappa shape index (κ2) is 6.84. The summed E-state index contributed by atoms with van der Waals surface area (Å²) in [6.45, 7) is 1.03. The van der Waals surface area contributed by atoms with Crippen LogP contribution in [0.3, 0.4) is 0 Å². The minimum absolute atomic E-state index is 0.0689. The first-order chi connectivity index (χ1) is 12.7. The molecule has 6 nitrogen and oxygen atoms in total. The molecule has 2 amide bonds. The lowest BCUT2D eigenvalue weighted by Crippen LogP contribution is -2.50. The van der Waals surface area contributed by atoms with Gasteiger partial charge in [0.2, 0.25) is 5.91 Å². The molecule has 1 aromatic heterocycles. The normalized spacial score (nSPS) is 14.2. The topological polar surface area (TPSA) is 67.2 Å². The van der Waals surface area contributed by atoms with Crippen LogP contribution < -0.4 is 5.32 Å². The van der Waals surface area contributed by atoms with Crippen LogP contribution in [0.4, 0.5) is 0 Å². The Labute approximate surface area is 151 Å². The van der Waals surface area contributed by atoms with E-state index >= 15 is 0 Å². The molecule has 0 spiro atoms. The Morgan fingerprint density at radius 2 is 1.69 bits per heavy atom. The summed E-state index contributed by atoms with van der Waals surface area (Å²) in [7, 11) is 0. The molecule has 0 aliphatic carbocycles. The van der Waals surface area contributed by atoms with E-state index in [0.29, 0.717) is 18.8 Å². The third-order valence-electron chi connectivity index (χ3n) is 4.32. The number of benzene rings is 2. The summed E-state index contributed by atoms with van der Waals surface area (Å²) in [6.07, 6.45) is 0. The number of para-hydroxylation sites is 1. The Morgan fingerprint density at radius 1 is 1.00 bits per heavy atom. The first-order valence-corrected chi connectivity index (χ1v) is 8.49. The maximum absolute atomic E-state index is 13.1. The van der Waals surface area contributed by atoms with Crippen LogP contribution in [0, 0.1) is 0 Å². The van der Waals surface area contributed by atoms with Gasteiger partial charge in [-0.3, -0.25) is 9.59 Å². The van der Waals surface area contributed by atoms with Crippen LogP contribution in [0.15, 0.2) is 66.7 Å². The zero-order chi connectivity index (χ0) is 17.9. The summed E-state index contributed by atoms with van der Waals surface area (Å²) in [5.74, 6) is -0.336. The number of rotatable bonds is 3. The highest BCUT2D eigenvalue weighted by molar-refractivity contribution is 5.97. The fourth-order valence-corrected chi connectivity index (χ4v) is 3.02. The number of amides is 2. The Balaban J connectivity index is 1.78. The van der Waals surface area contributed by atoms with E-state index in [4.69, 9.17) is 0 Å². The maximum atomic E-state index is 13.1. The van der Waals surface area contributed by atoms with E-state index in [1.54, 1.807) is 15.6 Å². The molecule has 6 heteroatoms. The van der Waals surface area contributed by atoms with Crippen molar-refractivity contribution in [2.75, 3.05) is 19.6 Å². The summed E-state index contributed by atoms with van der Waals surface area (Å²) >= 11 is 0. The summed E-state index contributed by atoms with van der Waals surface area (Å²) in [5, 5.41) is 7.39. The first-order valence-electron chi connectivity index (χ1n) is 8.49. The summed E-state index contributed by atoms with van der Waals surface area (Å²) in [4.78, 5) is 26.3. The molecule has 1 saturated heterocycles. The number of nitrogens with one attached hydrogen (secondary N) is 1. The number of carbonyl (C=O) groups excluding carboxylic acids is 2. The Kier molecular flexibility index (Phi) is 4.23. The molecule has 0 saturated carbocycles. The van der Waals surface area contributed by atoms with Crippen molar-refractivity contribution >= 4 is 11.8 Å². The Hall–Kier alpha value is -3.41. The summed E-state index contributed by atoms with van der Waals surface area (Å²) < 4.78 is 1.65. The van der Waals surface area contributed by atoms with Gasteiger partial charge in [0.15, 0.2) is 0 Å². The first kappa shape index (κ1) is 16.1. The molecule has 0 radical (unpaired) electrons. The van der Waals surface area contributed by atoms with Crippen molar-refractivity contribution < 1.29 is 9.59 Å². The second-order valence-corrected chi connectivity index (χ2v) is 6.10. The lowest BCUT2D eigenvalue weighted by Gasteiger charge is -2.26. The molecule has 2 heterocycles. The van der Waals surface area contributed by atoms with Crippen molar-refractivity contribution in [1.29, 1.82) is 0 Å². The number of hydrogen-bond donors (Lipinski definition) is 1. The largest absolute Gasteiger partial charge is 0.353 e. The number of hydrogen-bond acceptors (Lipinski definition) is 3. The monoisotopic (exact) mass is 346 g/mol. The number of nitrogens with zero attached hydrogens (tertiary/aromatic N) is 3. The van der Waals surface area contributed by atoms with E-state index in [9.17, 15) is 9.59 Å². The minimum Gasteiger partial charge on any atom is -0.353 e. The number of aromatic nitrogens is 2. The van der Waals surface area contributed by atoms with Crippen molar-refractivity contribution in [3.63, 3.8) is 0 Å². The predicted octanol–water partition coefficient (Wildman–Crippen LogP) is 2.11. The predicted molar refractivity (Wildman–Crippen MR) is 97.9 cm³/mol. The van der Waals surface area contributed by atoms with Crippen molar-refractivity contribution in [2.45, 2.75) is 0 Å². The van der Waals surface area contributed by atoms with Gasteiger partial charge in [-0.15, -0.1) is 0 Å². The quantitative estimate of drug-likeness (QED) is 0.790. The molecule has 4 rings (SSSR count). The van der Waals surface area contributed by atoms with Crippen LogP contribution in [-0.4, -0.2) is 46.1 Å². The minimum atomic E-state index is -0.196. The van der Waals surface area contributed by atoms with Gasteiger partial charge in [-0.1, -0.05) is 48.5 Å². The molecule has 1 aliphatic heterocycles. The molecule has 0 bridgehead atoms. The van der Waals surface area contributed by atoms with Gasteiger partial charge in [0.1, 0.15) is 5.69 Å². The van der Waals surface area contributed by atoms with E-state index in [2.05, 4.69) is 10.4 Å². The molecule has 2 aromatic carbocycles. The maximum Gasteiger partial charge on any atom is 0.273 e. The molecule has 26 heavy (non-hydrogen) atoms. The van der Waals surface area contributed by atoms with Crippen molar-refractivity contribution in [1.82, 2.24) is 20.0 Å². The van der Waals surface area contributed by atoms with Crippen molar-refractivity contribution in [3.8, 4) is 16.9 Å². The van der Waals surface area contributed by atoms with Crippen LogP contribution in [0.25, 0.3) is 16.9 Å². The number of carbonyl (C=O) groups is 2. The van der Waals surface area contributed by atoms with Crippen LogP contribution in [0.5, 0.6) is 0 Å². The zero-order valence-electron chi connectivity index (χ0n) is 14.1. The Bertz CT molecular complexity index is 935. The van der Waals surface area contributed by atoms with Gasteiger partial charge in [0.25, 0.3) is 5.91 Å². The van der Waals surface area contributed by atoms with E-state index in [-0.39, 0.29) is 18.4 Å². The van der Waals surface area contributed by atoms with E-state index in [1.807, 2.05) is 60.7 Å². The lowest BCUT2D eigenvalue weighted by atomic mass is 10.1. The zero-order valence-corrected chi connectivity index (χ0v) is 14.1. The third-order valence-corrected chi connectivity index (χ3v) is 4.32. The molecule has 1 aliphatic rings. The Morgan fingerprint density at radius 3 is 2.38 bits per heavy atom. The number of piperazine rings is 1. The molecular formula is C20H18N4O2. The molecule has 130 valence electrons. The van der Waals surface area contributed by atoms with E-state index in [0.717, 1.165) is 16.9 Å². The van der Waals surface area contributed by atoms with Gasteiger partial charge in [-0.2, -0.15) is 5.10 Å². The highest BCUT2D eigenvalue weighted by Crippen LogP contribution is 2.22. The van der Waals surface area contributed by atoms with Gasteiger partial charge in [0, 0.05) is 18.7 Å². The van der Waals surface area contributed by atoms with Crippen LogP contribution >= 0.6 is 0 Å². The van der Waals surface area contributed by atoms with Crippen molar-refractivity contribution in [3.05, 3.63) is 72.4 Å². The smallest absolute Gasteiger partial charge is 0.273 e. The third kappa shape index (κ3) is 3.09. The van der Waals surface area contributed by atoms with Gasteiger partial charge >= 0.3 is 0 Å². The fraction of sp³-hybridized carbons (Fsp3) is 0.150. The summed E-state index contributed by atoms with van der Waals surface area (Å²) in [5.41, 5.74) is 2.91. The van der Waals surface area contributed by atoms with E-state index in [1.165, 1.54) is 0 Å². The van der Waals surface area contributed by atoms with Gasteiger partial charge < -0.3 is 10.2 Å². The molecule has 3 aromatic rings. The second-order valence-electron chi connectivity index (χ2n) is 6.10. The molecular weight excluding hydrogens is 328 g/mol. The van der Waals surface area contributed by atoms with E-state index < -0.39 is 0 Å². The van der Waals surface area contributed by atoms with Crippen LogP contribution in [-0.2, 0) is 4.79 Å². The fourth-order valence-electron chi connectivity index (χ4n) is 3.02. The lowest BCUT2D eigenvalue weighted by molar-refractivity contribution is -0.123.